The van der Waals surface area contributed by atoms with E-state index in [1.165, 1.54) is 11.0 Å². The maximum atomic E-state index is 12.2. The van der Waals surface area contributed by atoms with Crippen LogP contribution in [0.3, 0.4) is 0 Å². The van der Waals surface area contributed by atoms with Crippen LogP contribution < -0.4 is 10.6 Å². The molecule has 1 fully saturated rings. The molecule has 1 aromatic carbocycles. The number of likely N-dealkylation sites (tertiary alicyclic amines) is 1. The molecule has 2 rings (SSSR count). The Hall–Kier alpha value is -2.28. The Bertz CT molecular complexity index is 650. The zero-order valence-corrected chi connectivity index (χ0v) is 14.1. The van der Waals surface area contributed by atoms with Crippen LogP contribution in [0.2, 0.25) is 5.02 Å². The summed E-state index contributed by atoms with van der Waals surface area (Å²) < 4.78 is 0. The first kappa shape index (κ1) is 18.1. The Balaban J connectivity index is 1.98. The predicted molar refractivity (Wildman–Crippen MR) is 90.4 cm³/mol. The summed E-state index contributed by atoms with van der Waals surface area (Å²) in [6, 6.07) is 4.27. The molecule has 0 spiro atoms. The molecule has 3 N–H and O–H groups in total. The van der Waals surface area contributed by atoms with E-state index in [9.17, 15) is 14.4 Å². The van der Waals surface area contributed by atoms with E-state index in [2.05, 4.69) is 10.6 Å². The lowest BCUT2D eigenvalue weighted by Gasteiger charge is -2.17. The zero-order valence-electron chi connectivity index (χ0n) is 13.3. The largest absolute Gasteiger partial charge is 0.481 e. The molecule has 0 radical (unpaired) electrons. The number of carbonyl (C=O) groups is 3. The molecular weight excluding hydrogens is 334 g/mol. The van der Waals surface area contributed by atoms with Crippen molar-refractivity contribution in [3.63, 3.8) is 0 Å². The summed E-state index contributed by atoms with van der Waals surface area (Å²) in [6.45, 7) is 3.10. The first-order valence-corrected chi connectivity index (χ1v) is 8.16. The molecule has 1 aliphatic heterocycles. The van der Waals surface area contributed by atoms with E-state index in [4.69, 9.17) is 16.7 Å². The van der Waals surface area contributed by atoms with Crippen molar-refractivity contribution in [2.75, 3.05) is 25.0 Å². The normalized spacial score (nSPS) is 16.8. The van der Waals surface area contributed by atoms with Crippen LogP contribution in [0.25, 0.3) is 0 Å². The summed E-state index contributed by atoms with van der Waals surface area (Å²) >= 11 is 6.11. The lowest BCUT2D eigenvalue weighted by Crippen LogP contribution is -2.33. The number of urea groups is 1. The van der Waals surface area contributed by atoms with Crippen LogP contribution in [0.5, 0.6) is 0 Å². The Morgan fingerprint density at radius 2 is 2.12 bits per heavy atom. The van der Waals surface area contributed by atoms with Gasteiger partial charge in [-0.1, -0.05) is 18.5 Å². The van der Waals surface area contributed by atoms with Crippen molar-refractivity contribution in [2.45, 2.75) is 19.8 Å². The number of nitrogens with zero attached hydrogens (tertiary/aromatic N) is 1. The number of carboxylic acids is 1. The molecule has 130 valence electrons. The molecule has 1 atom stereocenters. The van der Waals surface area contributed by atoms with Crippen LogP contribution in [0.15, 0.2) is 18.2 Å². The van der Waals surface area contributed by atoms with Crippen molar-refractivity contribution in [3.05, 3.63) is 28.8 Å². The van der Waals surface area contributed by atoms with Gasteiger partial charge in [0.2, 0.25) is 0 Å². The lowest BCUT2D eigenvalue weighted by atomic mass is 10.1. The number of carboxylic acid groups (broad SMARTS) is 1. The smallest absolute Gasteiger partial charge is 0.321 e. The summed E-state index contributed by atoms with van der Waals surface area (Å²) in [5, 5.41) is 14.6. The molecular formula is C16H20ClN3O4. The van der Waals surface area contributed by atoms with Crippen molar-refractivity contribution in [1.82, 2.24) is 10.2 Å². The molecule has 0 aliphatic carbocycles. The molecule has 1 aliphatic rings. The van der Waals surface area contributed by atoms with Crippen LogP contribution in [0.1, 0.15) is 30.1 Å². The summed E-state index contributed by atoms with van der Waals surface area (Å²) in [5.74, 6) is -1.68. The van der Waals surface area contributed by atoms with E-state index in [1.807, 2.05) is 6.92 Å². The van der Waals surface area contributed by atoms with Gasteiger partial charge in [0.25, 0.3) is 5.91 Å². The van der Waals surface area contributed by atoms with E-state index in [1.54, 1.807) is 12.1 Å². The highest BCUT2D eigenvalue weighted by Gasteiger charge is 2.30. The third kappa shape index (κ3) is 4.38. The van der Waals surface area contributed by atoms with Crippen molar-refractivity contribution >= 4 is 35.2 Å². The third-order valence-corrected chi connectivity index (χ3v) is 4.14. The molecule has 1 unspecified atom stereocenters. The minimum atomic E-state index is -0.893. The second-order valence-electron chi connectivity index (χ2n) is 5.65. The SMILES string of the molecule is CCCNC(=O)c1ccc(NC(=O)N2CCC(C(=O)O)C2)cc1Cl. The molecule has 24 heavy (non-hydrogen) atoms. The Labute approximate surface area is 145 Å². The average molecular weight is 354 g/mol. The highest BCUT2D eigenvalue weighted by atomic mass is 35.5. The van der Waals surface area contributed by atoms with E-state index in [0.717, 1.165) is 6.42 Å². The summed E-state index contributed by atoms with van der Waals surface area (Å²) in [4.78, 5) is 36.5. The fourth-order valence-corrected chi connectivity index (χ4v) is 2.73. The van der Waals surface area contributed by atoms with Crippen molar-refractivity contribution in [1.29, 1.82) is 0 Å². The maximum absolute atomic E-state index is 12.2. The van der Waals surface area contributed by atoms with Crippen molar-refractivity contribution in [2.24, 2.45) is 5.92 Å². The Morgan fingerprint density at radius 3 is 2.71 bits per heavy atom. The van der Waals surface area contributed by atoms with Gasteiger partial charge in [0.1, 0.15) is 0 Å². The number of halogens is 1. The molecule has 1 heterocycles. The number of anilines is 1. The molecule has 0 aromatic heterocycles. The van der Waals surface area contributed by atoms with Crippen LogP contribution in [0.4, 0.5) is 10.5 Å². The van der Waals surface area contributed by atoms with E-state index in [-0.39, 0.29) is 23.5 Å². The van der Waals surface area contributed by atoms with Gasteiger partial charge in [-0.2, -0.15) is 0 Å². The van der Waals surface area contributed by atoms with E-state index >= 15 is 0 Å². The summed E-state index contributed by atoms with van der Waals surface area (Å²) in [5.41, 5.74) is 0.797. The van der Waals surface area contributed by atoms with Gasteiger partial charge < -0.3 is 20.6 Å². The van der Waals surface area contributed by atoms with Gasteiger partial charge in [-0.25, -0.2) is 4.79 Å². The van der Waals surface area contributed by atoms with Crippen LogP contribution >= 0.6 is 11.6 Å². The minimum absolute atomic E-state index is 0.187. The quantitative estimate of drug-likeness (QED) is 0.757. The topological polar surface area (TPSA) is 98.7 Å². The number of aliphatic carboxylic acids is 1. The zero-order chi connectivity index (χ0) is 17.7. The van der Waals surface area contributed by atoms with Gasteiger partial charge in [0, 0.05) is 25.3 Å². The molecule has 1 aromatic rings. The lowest BCUT2D eigenvalue weighted by molar-refractivity contribution is -0.141. The average Bonchev–Trinajstić information content (AvgIpc) is 3.03. The van der Waals surface area contributed by atoms with Crippen molar-refractivity contribution < 1.29 is 19.5 Å². The number of rotatable bonds is 5. The second-order valence-corrected chi connectivity index (χ2v) is 6.06. The molecule has 0 bridgehead atoms. The molecule has 1 saturated heterocycles. The third-order valence-electron chi connectivity index (χ3n) is 3.83. The van der Waals surface area contributed by atoms with Crippen LogP contribution in [-0.2, 0) is 4.79 Å². The van der Waals surface area contributed by atoms with Gasteiger partial charge >= 0.3 is 12.0 Å². The molecule has 3 amide bonds. The number of hydrogen-bond donors (Lipinski definition) is 3. The van der Waals surface area contributed by atoms with E-state index < -0.39 is 11.9 Å². The highest BCUT2D eigenvalue weighted by molar-refractivity contribution is 6.34. The molecule has 8 heteroatoms. The monoisotopic (exact) mass is 353 g/mol. The van der Waals surface area contributed by atoms with Gasteiger partial charge in [-0.3, -0.25) is 9.59 Å². The first-order chi connectivity index (χ1) is 11.4. The highest BCUT2D eigenvalue weighted by Crippen LogP contribution is 2.22. The second kappa shape index (κ2) is 8.01. The number of amides is 3. The van der Waals surface area contributed by atoms with E-state index in [0.29, 0.717) is 30.8 Å². The maximum Gasteiger partial charge on any atom is 0.321 e. The number of benzene rings is 1. The fourth-order valence-electron chi connectivity index (χ4n) is 2.46. The van der Waals surface area contributed by atoms with Gasteiger partial charge in [-0.15, -0.1) is 0 Å². The summed E-state index contributed by atoms with van der Waals surface area (Å²) in [6.07, 6.45) is 1.27. The fraction of sp³-hybridized carbons (Fsp3) is 0.438. The van der Waals surface area contributed by atoms with Gasteiger partial charge in [0.05, 0.1) is 16.5 Å². The number of carbonyl (C=O) groups excluding carboxylic acids is 2. The Kier molecular flexibility index (Phi) is 6.03. The summed E-state index contributed by atoms with van der Waals surface area (Å²) in [7, 11) is 0. The minimum Gasteiger partial charge on any atom is -0.481 e. The van der Waals surface area contributed by atoms with Gasteiger partial charge in [-0.05, 0) is 31.0 Å². The van der Waals surface area contributed by atoms with Crippen LogP contribution in [-0.4, -0.2) is 47.5 Å². The molecule has 0 saturated carbocycles. The first-order valence-electron chi connectivity index (χ1n) is 7.78. The number of hydrogen-bond acceptors (Lipinski definition) is 3. The van der Waals surface area contributed by atoms with Crippen molar-refractivity contribution in [3.8, 4) is 0 Å². The standard InChI is InChI=1S/C16H20ClN3O4/c1-2-6-18-14(21)12-4-3-11(8-13(12)17)19-16(24)20-7-5-10(9-20)15(22)23/h3-4,8,10H,2,5-7,9H2,1H3,(H,18,21)(H,19,24)(H,22,23). The van der Waals surface area contributed by atoms with Gasteiger partial charge in [0.15, 0.2) is 0 Å². The number of nitrogens with one attached hydrogen (secondary N) is 2. The molecule has 7 nitrogen and oxygen atoms in total. The van der Waals surface area contributed by atoms with Crippen LogP contribution in [0, 0.1) is 5.92 Å². The Morgan fingerprint density at radius 1 is 1.38 bits per heavy atom. The predicted octanol–water partition coefficient (Wildman–Crippen LogP) is 2.42.